The van der Waals surface area contributed by atoms with Crippen molar-refractivity contribution in [2.75, 3.05) is 0 Å². The molecule has 0 saturated heterocycles. The lowest BCUT2D eigenvalue weighted by Crippen LogP contribution is -2.10. The Bertz CT molecular complexity index is 571. The topological polar surface area (TPSA) is 30.0 Å². The summed E-state index contributed by atoms with van der Waals surface area (Å²) in [6.45, 7) is 1.80. The molecule has 0 N–H and O–H groups in total. The van der Waals surface area contributed by atoms with Crippen LogP contribution in [-0.4, -0.2) is 10.8 Å². The fourth-order valence-corrected chi connectivity index (χ4v) is 1.95. The number of rotatable bonds is 3. The highest BCUT2D eigenvalue weighted by molar-refractivity contribution is 9.10. The van der Waals surface area contributed by atoms with E-state index in [2.05, 4.69) is 20.9 Å². The van der Waals surface area contributed by atoms with Crippen molar-refractivity contribution in [1.82, 2.24) is 4.98 Å². The quantitative estimate of drug-likeness (QED) is 0.803. The first-order valence-electron chi connectivity index (χ1n) is 5.49. The third kappa shape index (κ3) is 2.64. The third-order valence-corrected chi connectivity index (χ3v) is 3.45. The molecule has 0 saturated carbocycles. The van der Waals surface area contributed by atoms with E-state index in [0.717, 1.165) is 5.56 Å². The maximum atomic E-state index is 13.4. The largest absolute Gasteiger partial charge is 0.294 e. The van der Waals surface area contributed by atoms with E-state index in [9.17, 15) is 9.18 Å². The molecule has 0 amide bonds. The van der Waals surface area contributed by atoms with Gasteiger partial charge < -0.3 is 0 Å². The molecule has 0 radical (unpaired) electrons. The lowest BCUT2D eigenvalue weighted by molar-refractivity contribution is 0.0965. The van der Waals surface area contributed by atoms with Crippen molar-refractivity contribution in [2.24, 2.45) is 0 Å². The molecule has 0 spiro atoms. The first-order chi connectivity index (χ1) is 8.59. The summed E-state index contributed by atoms with van der Waals surface area (Å²) >= 11 is 3.07. The van der Waals surface area contributed by atoms with Crippen LogP contribution in [0.4, 0.5) is 4.39 Å². The molecule has 1 unspecified atom stereocenters. The van der Waals surface area contributed by atoms with Gasteiger partial charge in [0.1, 0.15) is 5.82 Å². The number of carbonyl (C=O) groups excluding carboxylic acids is 1. The van der Waals surface area contributed by atoms with Gasteiger partial charge in [0.25, 0.3) is 0 Å². The Balaban J connectivity index is 2.29. The highest BCUT2D eigenvalue weighted by atomic mass is 79.9. The van der Waals surface area contributed by atoms with E-state index in [1.165, 1.54) is 6.07 Å². The average Bonchev–Trinajstić information content (AvgIpc) is 2.41. The SMILES string of the molecule is CC(C(=O)c1ccc(Br)c(F)c1)c1ccncc1. The molecule has 2 aromatic rings. The fraction of sp³-hybridized carbons (Fsp3) is 0.143. The van der Waals surface area contributed by atoms with Crippen LogP contribution in [0, 0.1) is 5.82 Å². The second-order valence-corrected chi connectivity index (χ2v) is 4.85. The Labute approximate surface area is 113 Å². The number of ketones is 1. The van der Waals surface area contributed by atoms with Gasteiger partial charge in [-0.05, 0) is 45.8 Å². The number of halogens is 2. The molecule has 1 heterocycles. The summed E-state index contributed by atoms with van der Waals surface area (Å²) < 4.78 is 13.8. The van der Waals surface area contributed by atoms with E-state index in [1.54, 1.807) is 43.6 Å². The summed E-state index contributed by atoms with van der Waals surface area (Å²) in [5.74, 6) is -0.844. The Morgan fingerprint density at radius 3 is 2.56 bits per heavy atom. The van der Waals surface area contributed by atoms with E-state index in [0.29, 0.717) is 10.0 Å². The highest BCUT2D eigenvalue weighted by Gasteiger charge is 2.18. The Kier molecular flexibility index (Phi) is 3.87. The minimum Gasteiger partial charge on any atom is -0.294 e. The molecule has 92 valence electrons. The van der Waals surface area contributed by atoms with Gasteiger partial charge in [0.05, 0.1) is 4.47 Å². The molecule has 4 heteroatoms. The summed E-state index contributed by atoms with van der Waals surface area (Å²) in [7, 11) is 0. The smallest absolute Gasteiger partial charge is 0.170 e. The number of carbonyl (C=O) groups is 1. The maximum Gasteiger partial charge on any atom is 0.170 e. The van der Waals surface area contributed by atoms with Crippen LogP contribution in [0.2, 0.25) is 0 Å². The molecule has 0 aliphatic rings. The van der Waals surface area contributed by atoms with Gasteiger partial charge in [0.15, 0.2) is 5.78 Å². The van der Waals surface area contributed by atoms with Gasteiger partial charge in [-0.15, -0.1) is 0 Å². The Hall–Kier alpha value is -1.55. The van der Waals surface area contributed by atoms with Gasteiger partial charge in [-0.25, -0.2) is 4.39 Å². The molecule has 1 aromatic heterocycles. The van der Waals surface area contributed by atoms with Crippen LogP contribution >= 0.6 is 15.9 Å². The minimum atomic E-state index is -0.428. The van der Waals surface area contributed by atoms with Crippen LogP contribution in [0.25, 0.3) is 0 Å². The van der Waals surface area contributed by atoms with Crippen molar-refractivity contribution in [3.05, 3.63) is 64.1 Å². The third-order valence-electron chi connectivity index (χ3n) is 2.80. The molecule has 0 fully saturated rings. The van der Waals surface area contributed by atoms with E-state index in [4.69, 9.17) is 0 Å². The molecule has 0 aliphatic heterocycles. The van der Waals surface area contributed by atoms with E-state index in [-0.39, 0.29) is 11.7 Å². The van der Waals surface area contributed by atoms with Gasteiger partial charge in [0, 0.05) is 23.9 Å². The van der Waals surface area contributed by atoms with Crippen LogP contribution in [0.3, 0.4) is 0 Å². The maximum absolute atomic E-state index is 13.4. The van der Waals surface area contributed by atoms with Crippen molar-refractivity contribution in [2.45, 2.75) is 12.8 Å². The first-order valence-corrected chi connectivity index (χ1v) is 6.28. The van der Waals surface area contributed by atoms with Gasteiger partial charge in [0.2, 0.25) is 0 Å². The van der Waals surface area contributed by atoms with Crippen molar-refractivity contribution in [3.63, 3.8) is 0 Å². The molecular formula is C14H11BrFNO. The summed E-state index contributed by atoms with van der Waals surface area (Å²) in [6.07, 6.45) is 3.28. The van der Waals surface area contributed by atoms with Gasteiger partial charge >= 0.3 is 0 Å². The number of benzene rings is 1. The fourth-order valence-electron chi connectivity index (χ4n) is 1.70. The molecule has 0 aliphatic carbocycles. The van der Waals surface area contributed by atoms with E-state index >= 15 is 0 Å². The molecule has 2 rings (SSSR count). The average molecular weight is 308 g/mol. The summed E-state index contributed by atoms with van der Waals surface area (Å²) in [6, 6.07) is 7.99. The number of nitrogens with zero attached hydrogens (tertiary/aromatic N) is 1. The van der Waals surface area contributed by atoms with Crippen LogP contribution in [-0.2, 0) is 0 Å². The van der Waals surface area contributed by atoms with E-state index < -0.39 is 5.82 Å². The molecule has 1 atom stereocenters. The van der Waals surface area contributed by atoms with Crippen molar-refractivity contribution >= 4 is 21.7 Å². The molecule has 2 nitrogen and oxygen atoms in total. The zero-order chi connectivity index (χ0) is 13.1. The predicted octanol–water partition coefficient (Wildman–Crippen LogP) is 3.97. The van der Waals surface area contributed by atoms with Gasteiger partial charge in [-0.2, -0.15) is 0 Å². The number of Topliss-reactive ketones (excluding diaryl/α,β-unsaturated/α-hetero) is 1. The summed E-state index contributed by atoms with van der Waals surface area (Å²) in [4.78, 5) is 16.1. The molecule has 0 bridgehead atoms. The van der Waals surface area contributed by atoms with Crippen molar-refractivity contribution in [3.8, 4) is 0 Å². The normalized spacial score (nSPS) is 12.2. The zero-order valence-electron chi connectivity index (χ0n) is 9.73. The highest BCUT2D eigenvalue weighted by Crippen LogP contribution is 2.22. The predicted molar refractivity (Wildman–Crippen MR) is 71.1 cm³/mol. The number of hydrogen-bond donors (Lipinski definition) is 0. The lowest BCUT2D eigenvalue weighted by Gasteiger charge is -2.10. The second-order valence-electron chi connectivity index (χ2n) is 4.00. The lowest BCUT2D eigenvalue weighted by atomic mass is 9.93. The molecule has 1 aromatic carbocycles. The van der Waals surface area contributed by atoms with Crippen LogP contribution in [0.1, 0.15) is 28.8 Å². The second kappa shape index (κ2) is 5.40. The van der Waals surface area contributed by atoms with Crippen molar-refractivity contribution in [1.29, 1.82) is 0 Å². The molecule has 18 heavy (non-hydrogen) atoms. The number of pyridine rings is 1. The monoisotopic (exact) mass is 307 g/mol. The minimum absolute atomic E-state index is 0.104. The Morgan fingerprint density at radius 1 is 1.28 bits per heavy atom. The number of hydrogen-bond acceptors (Lipinski definition) is 2. The van der Waals surface area contributed by atoms with E-state index in [1.807, 2.05) is 0 Å². The zero-order valence-corrected chi connectivity index (χ0v) is 11.3. The van der Waals surface area contributed by atoms with Crippen LogP contribution < -0.4 is 0 Å². The van der Waals surface area contributed by atoms with Crippen LogP contribution in [0.15, 0.2) is 47.2 Å². The van der Waals surface area contributed by atoms with Crippen LogP contribution in [0.5, 0.6) is 0 Å². The first kappa shape index (κ1) is 12.9. The van der Waals surface area contributed by atoms with Gasteiger partial charge in [-0.1, -0.05) is 13.0 Å². The number of aromatic nitrogens is 1. The van der Waals surface area contributed by atoms with Crippen molar-refractivity contribution < 1.29 is 9.18 Å². The summed E-state index contributed by atoms with van der Waals surface area (Å²) in [5, 5.41) is 0. The molecular weight excluding hydrogens is 297 g/mol. The summed E-state index contributed by atoms with van der Waals surface area (Å²) in [5.41, 5.74) is 1.25. The Morgan fingerprint density at radius 2 is 1.94 bits per heavy atom. The van der Waals surface area contributed by atoms with Gasteiger partial charge in [-0.3, -0.25) is 9.78 Å². The standard InChI is InChI=1S/C14H11BrFNO/c1-9(10-4-6-17-7-5-10)14(18)11-2-3-12(15)13(16)8-11/h2-9H,1H3.